The summed E-state index contributed by atoms with van der Waals surface area (Å²) in [5.74, 6) is 0.126. The van der Waals surface area contributed by atoms with Gasteiger partial charge in [0, 0.05) is 5.69 Å². The molecule has 1 aromatic carbocycles. The number of phenols is 1. The number of aliphatic hydroxyl groups is 2. The van der Waals surface area contributed by atoms with Gasteiger partial charge in [-0.15, -0.1) is 0 Å². The molecular formula is C13H19NO5. The Balaban J connectivity index is 2.13. The van der Waals surface area contributed by atoms with Crippen LogP contribution in [0, 0.1) is 0 Å². The number of carbonyl (C=O) groups excluding carboxylic acids is 1. The summed E-state index contributed by atoms with van der Waals surface area (Å²) in [5.41, 5.74) is 0.540. The summed E-state index contributed by atoms with van der Waals surface area (Å²) in [6.45, 7) is 0.00423. The normalized spacial score (nSPS) is 11.9. The number of benzene rings is 1. The second-order valence-electron chi connectivity index (χ2n) is 4.14. The van der Waals surface area contributed by atoms with Crippen LogP contribution >= 0.6 is 0 Å². The molecule has 106 valence electrons. The molecule has 0 heterocycles. The zero-order chi connectivity index (χ0) is 14.1. The summed E-state index contributed by atoms with van der Waals surface area (Å²) in [4.78, 5) is 11.4. The quantitative estimate of drug-likeness (QED) is 0.443. The number of rotatable bonds is 7. The van der Waals surface area contributed by atoms with Crippen LogP contribution in [0.1, 0.15) is 19.3 Å². The summed E-state index contributed by atoms with van der Waals surface area (Å²) in [5, 5.41) is 29.3. The lowest BCUT2D eigenvalue weighted by Crippen LogP contribution is -2.15. The van der Waals surface area contributed by atoms with Crippen molar-refractivity contribution in [2.75, 3.05) is 18.5 Å². The summed E-state index contributed by atoms with van der Waals surface area (Å²) in [6, 6.07) is 6.06. The molecule has 6 nitrogen and oxygen atoms in total. The van der Waals surface area contributed by atoms with Crippen molar-refractivity contribution in [3.63, 3.8) is 0 Å². The number of anilines is 1. The molecule has 0 aliphatic heterocycles. The highest BCUT2D eigenvalue weighted by atomic mass is 16.5. The highest BCUT2D eigenvalue weighted by molar-refractivity contribution is 5.84. The average molecular weight is 269 g/mol. The van der Waals surface area contributed by atoms with Crippen molar-refractivity contribution in [1.29, 1.82) is 0 Å². The molecule has 0 aliphatic carbocycles. The molecule has 19 heavy (non-hydrogen) atoms. The zero-order valence-corrected chi connectivity index (χ0v) is 10.6. The second kappa shape index (κ2) is 8.34. The van der Waals surface area contributed by atoms with Crippen LogP contribution < -0.4 is 5.32 Å². The Morgan fingerprint density at radius 3 is 2.58 bits per heavy atom. The van der Waals surface area contributed by atoms with E-state index in [1.807, 2.05) is 0 Å². The molecular weight excluding hydrogens is 250 g/mol. The molecule has 0 bridgehead atoms. The van der Waals surface area contributed by atoms with Gasteiger partial charge >= 0.3 is 6.09 Å². The largest absolute Gasteiger partial charge is 0.508 e. The standard InChI is InChI=1S/C13H19NO5/c15-9-12(17)3-1-2-8-19-13(18)14-10-4-6-11(16)7-5-10/h4-7,12,15-17H,1-3,8-9H2,(H,14,18). The number of amides is 1. The van der Waals surface area contributed by atoms with E-state index in [4.69, 9.17) is 20.1 Å². The van der Waals surface area contributed by atoms with Crippen LogP contribution in [-0.4, -0.2) is 40.7 Å². The van der Waals surface area contributed by atoms with Gasteiger partial charge in [-0.1, -0.05) is 0 Å². The van der Waals surface area contributed by atoms with Crippen LogP contribution in [0.25, 0.3) is 0 Å². The molecule has 1 unspecified atom stereocenters. The van der Waals surface area contributed by atoms with Crippen LogP contribution in [0.15, 0.2) is 24.3 Å². The van der Waals surface area contributed by atoms with E-state index in [9.17, 15) is 4.79 Å². The van der Waals surface area contributed by atoms with Crippen molar-refractivity contribution in [2.24, 2.45) is 0 Å². The van der Waals surface area contributed by atoms with Crippen LogP contribution in [0.5, 0.6) is 5.75 Å². The zero-order valence-electron chi connectivity index (χ0n) is 10.6. The number of phenolic OH excluding ortho intramolecular Hbond substituents is 1. The molecule has 0 fully saturated rings. The lowest BCUT2D eigenvalue weighted by Gasteiger charge is -2.08. The van der Waals surface area contributed by atoms with E-state index < -0.39 is 12.2 Å². The van der Waals surface area contributed by atoms with Gasteiger partial charge in [-0.05, 0) is 43.5 Å². The maximum Gasteiger partial charge on any atom is 0.411 e. The average Bonchev–Trinajstić information content (AvgIpc) is 2.40. The van der Waals surface area contributed by atoms with Gasteiger partial charge in [0.1, 0.15) is 5.75 Å². The molecule has 1 atom stereocenters. The van der Waals surface area contributed by atoms with E-state index in [2.05, 4.69) is 5.32 Å². The van der Waals surface area contributed by atoms with Crippen molar-refractivity contribution in [2.45, 2.75) is 25.4 Å². The van der Waals surface area contributed by atoms with Crippen molar-refractivity contribution in [3.05, 3.63) is 24.3 Å². The fourth-order valence-electron chi connectivity index (χ4n) is 1.44. The number of hydrogen-bond acceptors (Lipinski definition) is 5. The highest BCUT2D eigenvalue weighted by Gasteiger charge is 2.04. The summed E-state index contributed by atoms with van der Waals surface area (Å²) in [7, 11) is 0. The van der Waals surface area contributed by atoms with Gasteiger partial charge in [-0.3, -0.25) is 5.32 Å². The van der Waals surface area contributed by atoms with Crippen molar-refractivity contribution in [3.8, 4) is 5.75 Å². The molecule has 0 aliphatic rings. The number of aliphatic hydroxyl groups excluding tert-OH is 2. The van der Waals surface area contributed by atoms with E-state index in [-0.39, 0.29) is 19.0 Å². The number of nitrogens with one attached hydrogen (secondary N) is 1. The molecule has 0 saturated heterocycles. The number of hydrogen-bond donors (Lipinski definition) is 4. The molecule has 6 heteroatoms. The van der Waals surface area contributed by atoms with Crippen molar-refractivity contribution in [1.82, 2.24) is 0 Å². The minimum absolute atomic E-state index is 0.126. The van der Waals surface area contributed by atoms with Gasteiger partial charge in [0.05, 0.1) is 19.3 Å². The van der Waals surface area contributed by atoms with E-state index in [1.165, 1.54) is 12.1 Å². The number of carbonyl (C=O) groups is 1. The van der Waals surface area contributed by atoms with Crippen LogP contribution in [0.2, 0.25) is 0 Å². The molecule has 0 radical (unpaired) electrons. The molecule has 1 aromatic rings. The van der Waals surface area contributed by atoms with E-state index >= 15 is 0 Å². The molecule has 4 N–H and O–H groups in total. The summed E-state index contributed by atoms with van der Waals surface area (Å²) >= 11 is 0. The Morgan fingerprint density at radius 1 is 1.26 bits per heavy atom. The molecule has 1 amide bonds. The predicted octanol–water partition coefficient (Wildman–Crippen LogP) is 1.46. The monoisotopic (exact) mass is 269 g/mol. The molecule has 0 spiro atoms. The maximum absolute atomic E-state index is 11.4. The fraction of sp³-hybridized carbons (Fsp3) is 0.462. The first kappa shape index (κ1) is 15.3. The van der Waals surface area contributed by atoms with Gasteiger partial charge < -0.3 is 20.1 Å². The van der Waals surface area contributed by atoms with E-state index in [0.29, 0.717) is 24.9 Å². The first-order chi connectivity index (χ1) is 9.11. The lowest BCUT2D eigenvalue weighted by molar-refractivity contribution is 0.0840. The van der Waals surface area contributed by atoms with Crippen LogP contribution in [0.4, 0.5) is 10.5 Å². The molecule has 0 saturated carbocycles. The minimum Gasteiger partial charge on any atom is -0.508 e. The third kappa shape index (κ3) is 6.64. The molecule has 1 rings (SSSR count). The SMILES string of the molecule is O=C(Nc1ccc(O)cc1)OCCCCC(O)CO. The first-order valence-corrected chi connectivity index (χ1v) is 6.13. The third-order valence-electron chi connectivity index (χ3n) is 2.49. The second-order valence-corrected chi connectivity index (χ2v) is 4.14. The summed E-state index contributed by atoms with van der Waals surface area (Å²) < 4.78 is 4.93. The number of unbranched alkanes of at least 4 members (excludes halogenated alkanes) is 1. The Kier molecular flexibility index (Phi) is 6.70. The lowest BCUT2D eigenvalue weighted by atomic mass is 10.2. The van der Waals surface area contributed by atoms with Crippen molar-refractivity contribution >= 4 is 11.8 Å². The van der Waals surface area contributed by atoms with E-state index in [0.717, 1.165) is 0 Å². The van der Waals surface area contributed by atoms with Crippen LogP contribution in [0.3, 0.4) is 0 Å². The summed E-state index contributed by atoms with van der Waals surface area (Å²) in [6.07, 6.45) is 0.521. The number of ether oxygens (including phenoxy) is 1. The Bertz CT molecular complexity index is 379. The van der Waals surface area contributed by atoms with Gasteiger partial charge in [0.15, 0.2) is 0 Å². The Labute approximate surface area is 111 Å². The van der Waals surface area contributed by atoms with Crippen LogP contribution in [-0.2, 0) is 4.74 Å². The van der Waals surface area contributed by atoms with Gasteiger partial charge in [0.25, 0.3) is 0 Å². The van der Waals surface area contributed by atoms with E-state index in [1.54, 1.807) is 12.1 Å². The van der Waals surface area contributed by atoms with Crippen molar-refractivity contribution < 1.29 is 24.9 Å². The smallest absolute Gasteiger partial charge is 0.411 e. The molecule has 0 aromatic heterocycles. The topological polar surface area (TPSA) is 99.0 Å². The number of aromatic hydroxyl groups is 1. The van der Waals surface area contributed by atoms with Gasteiger partial charge in [0.2, 0.25) is 0 Å². The Hall–Kier alpha value is -1.79. The third-order valence-corrected chi connectivity index (χ3v) is 2.49. The minimum atomic E-state index is -0.703. The highest BCUT2D eigenvalue weighted by Crippen LogP contribution is 2.13. The predicted molar refractivity (Wildman–Crippen MR) is 70.0 cm³/mol. The maximum atomic E-state index is 11.4. The Morgan fingerprint density at radius 2 is 1.95 bits per heavy atom. The van der Waals surface area contributed by atoms with Gasteiger partial charge in [-0.25, -0.2) is 4.79 Å². The first-order valence-electron chi connectivity index (χ1n) is 6.13. The van der Waals surface area contributed by atoms with Gasteiger partial charge in [-0.2, -0.15) is 0 Å². The fourth-order valence-corrected chi connectivity index (χ4v) is 1.44.